The van der Waals surface area contributed by atoms with E-state index in [1.165, 1.54) is 0 Å². The third kappa shape index (κ3) is 3.52. The Morgan fingerprint density at radius 1 is 1.07 bits per heavy atom. The Bertz CT molecular complexity index is 831. The van der Waals surface area contributed by atoms with Crippen LogP contribution >= 0.6 is 0 Å². The zero-order valence-electron chi connectivity index (χ0n) is 15.5. The average molecular weight is 369 g/mol. The molecule has 0 spiro atoms. The number of nitrogens with zero attached hydrogens (tertiary/aromatic N) is 1. The molecule has 2 aromatic rings. The summed E-state index contributed by atoms with van der Waals surface area (Å²) in [5.74, 6) is 2.97. The molecule has 4 rings (SSSR count). The van der Waals surface area contributed by atoms with Gasteiger partial charge in [-0.1, -0.05) is 12.1 Å². The Morgan fingerprint density at radius 2 is 1.85 bits per heavy atom. The summed E-state index contributed by atoms with van der Waals surface area (Å²) in [6, 6.07) is 13.3. The number of para-hydroxylation sites is 2. The van der Waals surface area contributed by atoms with Gasteiger partial charge in [0, 0.05) is 0 Å². The van der Waals surface area contributed by atoms with Crippen molar-refractivity contribution in [3.63, 3.8) is 0 Å². The highest BCUT2D eigenvalue weighted by molar-refractivity contribution is 5.80. The zero-order valence-corrected chi connectivity index (χ0v) is 15.5. The van der Waals surface area contributed by atoms with Gasteiger partial charge in [-0.15, -0.1) is 0 Å². The minimum Gasteiger partial charge on any atom is -0.497 e. The molecule has 1 amide bonds. The molecule has 6 heteroatoms. The Labute approximate surface area is 158 Å². The van der Waals surface area contributed by atoms with Crippen LogP contribution in [0.3, 0.4) is 0 Å². The van der Waals surface area contributed by atoms with Crippen LogP contribution in [0.2, 0.25) is 0 Å². The van der Waals surface area contributed by atoms with Gasteiger partial charge in [-0.3, -0.25) is 4.79 Å². The van der Waals surface area contributed by atoms with Gasteiger partial charge in [0.1, 0.15) is 24.2 Å². The van der Waals surface area contributed by atoms with Crippen LogP contribution in [0.4, 0.5) is 0 Å². The first-order chi connectivity index (χ1) is 13.2. The predicted octanol–water partition coefficient (Wildman–Crippen LogP) is 2.54. The van der Waals surface area contributed by atoms with Crippen molar-refractivity contribution in [1.82, 2.24) is 4.90 Å². The number of hydrogen-bond donors (Lipinski definition) is 0. The lowest BCUT2D eigenvalue weighted by Crippen LogP contribution is -2.58. The summed E-state index contributed by atoms with van der Waals surface area (Å²) < 4.78 is 22.3. The minimum atomic E-state index is -0.170. The molecule has 0 unspecified atom stereocenters. The standard InChI is InChI=1S/C21H23NO5/c1-24-16-7-8-18-14(10-16)9-15(13-26-18)21(23)22-11-17(12-22)27-20-6-4-3-5-19(20)25-2/h3-8,10,15,17H,9,11-13H2,1-2H3/t15-/m1/s1. The van der Waals surface area contributed by atoms with Gasteiger partial charge in [0.2, 0.25) is 5.91 Å². The molecule has 0 radical (unpaired) electrons. The number of likely N-dealkylation sites (tertiary alicyclic amines) is 1. The molecule has 2 heterocycles. The third-order valence-electron chi connectivity index (χ3n) is 5.05. The van der Waals surface area contributed by atoms with Crippen molar-refractivity contribution < 1.29 is 23.7 Å². The van der Waals surface area contributed by atoms with E-state index < -0.39 is 0 Å². The maximum Gasteiger partial charge on any atom is 0.229 e. The van der Waals surface area contributed by atoms with Gasteiger partial charge >= 0.3 is 0 Å². The van der Waals surface area contributed by atoms with Crippen LogP contribution in [0.15, 0.2) is 42.5 Å². The molecule has 27 heavy (non-hydrogen) atoms. The number of hydrogen-bond acceptors (Lipinski definition) is 5. The number of rotatable bonds is 5. The summed E-state index contributed by atoms with van der Waals surface area (Å²) in [4.78, 5) is 14.6. The van der Waals surface area contributed by atoms with Crippen LogP contribution in [-0.2, 0) is 11.2 Å². The van der Waals surface area contributed by atoms with Crippen LogP contribution in [0.25, 0.3) is 0 Å². The Kier molecular flexibility index (Phi) is 4.79. The second-order valence-corrected chi connectivity index (χ2v) is 6.82. The molecule has 0 N–H and O–H groups in total. The van der Waals surface area contributed by atoms with E-state index in [1.54, 1.807) is 14.2 Å². The van der Waals surface area contributed by atoms with E-state index in [4.69, 9.17) is 18.9 Å². The van der Waals surface area contributed by atoms with Crippen molar-refractivity contribution in [1.29, 1.82) is 0 Å². The molecule has 0 aromatic heterocycles. The molecule has 142 valence electrons. The number of methoxy groups -OCH3 is 2. The van der Waals surface area contributed by atoms with Gasteiger partial charge in [0.05, 0.1) is 33.2 Å². The van der Waals surface area contributed by atoms with Crippen molar-refractivity contribution in [3.05, 3.63) is 48.0 Å². The Morgan fingerprint density at radius 3 is 2.59 bits per heavy atom. The number of carbonyl (C=O) groups excluding carboxylic acids is 1. The number of amides is 1. The van der Waals surface area contributed by atoms with E-state index in [9.17, 15) is 4.79 Å². The first kappa shape index (κ1) is 17.5. The SMILES string of the molecule is COc1ccc2c(c1)C[C@@H](C(=O)N1CC(Oc3ccccc3OC)C1)CO2. The van der Waals surface area contributed by atoms with Crippen LogP contribution in [0.1, 0.15) is 5.56 Å². The molecule has 6 nitrogen and oxygen atoms in total. The molecule has 0 bridgehead atoms. The van der Waals surface area contributed by atoms with Crippen LogP contribution in [0, 0.1) is 5.92 Å². The molecule has 2 aromatic carbocycles. The molecule has 2 aliphatic heterocycles. The highest BCUT2D eigenvalue weighted by Gasteiger charge is 2.38. The van der Waals surface area contributed by atoms with E-state index in [-0.39, 0.29) is 17.9 Å². The maximum atomic E-state index is 12.8. The zero-order chi connectivity index (χ0) is 18.8. The van der Waals surface area contributed by atoms with Gasteiger partial charge < -0.3 is 23.8 Å². The summed E-state index contributed by atoms with van der Waals surface area (Å²) >= 11 is 0. The number of carbonyl (C=O) groups is 1. The minimum absolute atomic E-state index is 0.0119. The monoisotopic (exact) mass is 369 g/mol. The van der Waals surface area contributed by atoms with Crippen LogP contribution in [0.5, 0.6) is 23.0 Å². The third-order valence-corrected chi connectivity index (χ3v) is 5.05. The second kappa shape index (κ2) is 7.39. The summed E-state index contributed by atoms with van der Waals surface area (Å²) in [6.07, 6.45) is 0.655. The fourth-order valence-corrected chi connectivity index (χ4v) is 3.50. The smallest absolute Gasteiger partial charge is 0.229 e. The van der Waals surface area contributed by atoms with E-state index in [1.807, 2.05) is 47.4 Å². The Balaban J connectivity index is 1.34. The van der Waals surface area contributed by atoms with E-state index in [0.717, 1.165) is 17.1 Å². The van der Waals surface area contributed by atoms with Gasteiger partial charge in [0.25, 0.3) is 0 Å². The summed E-state index contributed by atoms with van der Waals surface area (Å²) in [6.45, 7) is 1.57. The van der Waals surface area contributed by atoms with Gasteiger partial charge in [-0.2, -0.15) is 0 Å². The summed E-state index contributed by atoms with van der Waals surface area (Å²) in [5, 5.41) is 0. The Hall–Kier alpha value is -2.89. The van der Waals surface area contributed by atoms with Crippen molar-refractivity contribution >= 4 is 5.91 Å². The molecule has 0 aliphatic carbocycles. The first-order valence-corrected chi connectivity index (χ1v) is 9.06. The predicted molar refractivity (Wildman–Crippen MR) is 99.7 cm³/mol. The average Bonchev–Trinajstić information content (AvgIpc) is 2.69. The molecule has 0 saturated carbocycles. The lowest BCUT2D eigenvalue weighted by molar-refractivity contribution is -0.145. The fraction of sp³-hybridized carbons (Fsp3) is 0.381. The van der Waals surface area contributed by atoms with Crippen molar-refractivity contribution in [2.75, 3.05) is 33.9 Å². The molecular weight excluding hydrogens is 346 g/mol. The topological polar surface area (TPSA) is 57.2 Å². The van der Waals surface area contributed by atoms with Crippen molar-refractivity contribution in [2.45, 2.75) is 12.5 Å². The lowest BCUT2D eigenvalue weighted by Gasteiger charge is -2.41. The number of fused-ring (bicyclic) bond motifs is 1. The normalized spacial score (nSPS) is 18.7. The molecule has 1 saturated heterocycles. The fourth-order valence-electron chi connectivity index (χ4n) is 3.50. The van der Waals surface area contributed by atoms with Crippen molar-refractivity contribution in [3.8, 4) is 23.0 Å². The van der Waals surface area contributed by atoms with Gasteiger partial charge in [-0.05, 0) is 42.3 Å². The largest absolute Gasteiger partial charge is 0.497 e. The number of benzene rings is 2. The van der Waals surface area contributed by atoms with Gasteiger partial charge in [0.15, 0.2) is 11.5 Å². The van der Waals surface area contributed by atoms with E-state index >= 15 is 0 Å². The summed E-state index contributed by atoms with van der Waals surface area (Å²) in [5.41, 5.74) is 1.02. The van der Waals surface area contributed by atoms with E-state index in [0.29, 0.717) is 37.6 Å². The van der Waals surface area contributed by atoms with Crippen molar-refractivity contribution in [2.24, 2.45) is 5.92 Å². The quantitative estimate of drug-likeness (QED) is 0.811. The number of ether oxygens (including phenoxy) is 4. The summed E-state index contributed by atoms with van der Waals surface area (Å²) in [7, 11) is 3.25. The first-order valence-electron chi connectivity index (χ1n) is 9.06. The molecule has 1 fully saturated rings. The molecule has 2 aliphatic rings. The lowest BCUT2D eigenvalue weighted by atomic mass is 9.94. The highest BCUT2D eigenvalue weighted by atomic mass is 16.5. The van der Waals surface area contributed by atoms with Gasteiger partial charge in [-0.25, -0.2) is 0 Å². The maximum absolute atomic E-state index is 12.8. The van der Waals surface area contributed by atoms with Crippen LogP contribution < -0.4 is 18.9 Å². The van der Waals surface area contributed by atoms with Crippen LogP contribution in [-0.4, -0.2) is 50.8 Å². The second-order valence-electron chi connectivity index (χ2n) is 6.82. The molecular formula is C21H23NO5. The highest BCUT2D eigenvalue weighted by Crippen LogP contribution is 2.33. The molecule has 1 atom stereocenters. The van der Waals surface area contributed by atoms with E-state index in [2.05, 4.69) is 0 Å².